The van der Waals surface area contributed by atoms with Gasteiger partial charge in [0, 0.05) is 28.9 Å². The van der Waals surface area contributed by atoms with Gasteiger partial charge in [0.05, 0.1) is 12.9 Å². The first-order valence-electron chi connectivity index (χ1n) is 10.5. The molecule has 33 heavy (non-hydrogen) atoms. The van der Waals surface area contributed by atoms with Crippen LogP contribution in [0.5, 0.6) is 5.75 Å². The number of benzene rings is 2. The average molecular weight is 488 g/mol. The van der Waals surface area contributed by atoms with E-state index < -0.39 is 15.9 Å². The second-order valence-electron chi connectivity index (χ2n) is 7.98. The van der Waals surface area contributed by atoms with Crippen LogP contribution in [0.15, 0.2) is 36.4 Å². The first-order valence-corrected chi connectivity index (χ1v) is 12.8. The van der Waals surface area contributed by atoms with Crippen LogP contribution in [0, 0.1) is 25.2 Å². The summed E-state index contributed by atoms with van der Waals surface area (Å²) in [7, 11) is -3.62. The molecule has 0 fully saturated rings. The van der Waals surface area contributed by atoms with Crippen molar-refractivity contribution in [2.75, 3.05) is 12.9 Å². The van der Waals surface area contributed by atoms with Crippen LogP contribution >= 0.6 is 11.6 Å². The fourth-order valence-electron chi connectivity index (χ4n) is 3.89. The number of hydrogen-bond acceptors (Lipinski definition) is 5. The standard InChI is InChI=1S/C24H26ClN3O4S/c1-16-13-18(14-17(2)24(16)25)32-12-6-8-20-19-7-4-5-9-21(19)28(22(20)15-26)11-10-23(29)27-33(3,30)31/h4-5,7,9,13-14H,6,8,10-12H2,1-3H3,(H,27,29). The number of fused-ring (bicyclic) bond motifs is 1. The monoisotopic (exact) mass is 487 g/mol. The molecule has 3 rings (SSSR count). The summed E-state index contributed by atoms with van der Waals surface area (Å²) in [4.78, 5) is 12.0. The maximum absolute atomic E-state index is 12.0. The number of rotatable bonds is 9. The molecule has 0 atom stereocenters. The number of para-hydroxylation sites is 1. The Morgan fingerprint density at radius 2 is 1.88 bits per heavy atom. The number of carbonyl (C=O) groups excluding carboxylic acids is 1. The van der Waals surface area contributed by atoms with Crippen LogP contribution in [0.4, 0.5) is 0 Å². The molecule has 0 spiro atoms. The number of nitrogens with zero attached hydrogens (tertiary/aromatic N) is 2. The Morgan fingerprint density at radius 3 is 2.52 bits per heavy atom. The molecule has 9 heteroatoms. The van der Waals surface area contributed by atoms with Crippen molar-refractivity contribution in [2.24, 2.45) is 0 Å². The van der Waals surface area contributed by atoms with Gasteiger partial charge in [-0.1, -0.05) is 29.8 Å². The van der Waals surface area contributed by atoms with E-state index in [1.54, 1.807) is 4.57 Å². The van der Waals surface area contributed by atoms with E-state index in [9.17, 15) is 18.5 Å². The third-order valence-electron chi connectivity index (χ3n) is 5.29. The summed E-state index contributed by atoms with van der Waals surface area (Å²) in [5.41, 5.74) is 4.12. The molecule has 7 nitrogen and oxygen atoms in total. The molecule has 1 heterocycles. The summed E-state index contributed by atoms with van der Waals surface area (Å²) >= 11 is 6.22. The predicted octanol–water partition coefficient (Wildman–Crippen LogP) is 4.26. The Morgan fingerprint density at radius 1 is 1.21 bits per heavy atom. The van der Waals surface area contributed by atoms with Gasteiger partial charge in [0.2, 0.25) is 15.9 Å². The summed E-state index contributed by atoms with van der Waals surface area (Å²) in [6.45, 7) is 4.55. The van der Waals surface area contributed by atoms with Crippen LogP contribution in [0.2, 0.25) is 5.02 Å². The molecule has 174 valence electrons. The third-order valence-corrected chi connectivity index (χ3v) is 6.49. The molecule has 0 saturated carbocycles. The van der Waals surface area contributed by atoms with E-state index in [2.05, 4.69) is 6.07 Å². The zero-order chi connectivity index (χ0) is 24.2. The van der Waals surface area contributed by atoms with Crippen LogP contribution in [-0.4, -0.2) is 31.8 Å². The van der Waals surface area contributed by atoms with Crippen molar-refractivity contribution in [1.29, 1.82) is 5.26 Å². The van der Waals surface area contributed by atoms with E-state index in [1.807, 2.05) is 55.0 Å². The number of halogens is 1. The topological polar surface area (TPSA) is 101 Å². The van der Waals surface area contributed by atoms with E-state index in [0.29, 0.717) is 25.1 Å². The molecule has 1 aromatic heterocycles. The summed E-state index contributed by atoms with van der Waals surface area (Å²) in [5.74, 6) is 0.150. The van der Waals surface area contributed by atoms with Crippen molar-refractivity contribution in [3.05, 3.63) is 63.8 Å². The summed E-state index contributed by atoms with van der Waals surface area (Å²) in [6, 6.07) is 13.7. The molecule has 0 aliphatic heterocycles. The van der Waals surface area contributed by atoms with Crippen molar-refractivity contribution >= 4 is 38.4 Å². The lowest BCUT2D eigenvalue weighted by Crippen LogP contribution is -2.30. The van der Waals surface area contributed by atoms with E-state index in [1.165, 1.54) is 0 Å². The number of hydrogen-bond donors (Lipinski definition) is 1. The minimum atomic E-state index is -3.62. The summed E-state index contributed by atoms with van der Waals surface area (Å²) in [5, 5.41) is 11.5. The Labute approximate surface area is 199 Å². The van der Waals surface area contributed by atoms with Crippen LogP contribution in [0.1, 0.15) is 35.2 Å². The molecular formula is C24H26ClN3O4S. The molecule has 0 bridgehead atoms. The quantitative estimate of drug-likeness (QED) is 0.454. The van der Waals surface area contributed by atoms with E-state index in [0.717, 1.165) is 44.6 Å². The van der Waals surface area contributed by atoms with Gasteiger partial charge in [-0.3, -0.25) is 9.52 Å². The van der Waals surface area contributed by atoms with Gasteiger partial charge in [0.15, 0.2) is 0 Å². The van der Waals surface area contributed by atoms with Gasteiger partial charge in [-0.05, 0) is 61.6 Å². The molecule has 2 aromatic carbocycles. The van der Waals surface area contributed by atoms with Crippen molar-refractivity contribution in [2.45, 2.75) is 39.7 Å². The second-order valence-corrected chi connectivity index (χ2v) is 10.1. The average Bonchev–Trinajstić information content (AvgIpc) is 3.05. The minimum Gasteiger partial charge on any atom is -0.494 e. The summed E-state index contributed by atoms with van der Waals surface area (Å²) < 4.78 is 32.2. The van der Waals surface area contributed by atoms with Crippen molar-refractivity contribution < 1.29 is 17.9 Å². The molecular weight excluding hydrogens is 462 g/mol. The molecule has 0 radical (unpaired) electrons. The number of sulfonamides is 1. The fourth-order valence-corrected chi connectivity index (χ4v) is 4.51. The largest absolute Gasteiger partial charge is 0.494 e. The smallest absolute Gasteiger partial charge is 0.235 e. The van der Waals surface area contributed by atoms with E-state index in [-0.39, 0.29) is 13.0 Å². The predicted molar refractivity (Wildman–Crippen MR) is 129 cm³/mol. The van der Waals surface area contributed by atoms with Crippen LogP contribution < -0.4 is 9.46 Å². The number of ether oxygens (including phenoxy) is 1. The van der Waals surface area contributed by atoms with E-state index >= 15 is 0 Å². The Bertz CT molecular complexity index is 1320. The van der Waals surface area contributed by atoms with Gasteiger partial charge in [-0.25, -0.2) is 8.42 Å². The summed E-state index contributed by atoms with van der Waals surface area (Å²) in [6.07, 6.45) is 2.19. The maximum Gasteiger partial charge on any atom is 0.235 e. The highest BCUT2D eigenvalue weighted by Gasteiger charge is 2.18. The molecule has 0 saturated heterocycles. The Balaban J connectivity index is 1.75. The highest BCUT2D eigenvalue weighted by atomic mass is 35.5. The normalized spacial score (nSPS) is 11.4. The number of aryl methyl sites for hydroxylation is 4. The molecule has 1 amide bonds. The van der Waals surface area contributed by atoms with Crippen LogP contribution in [-0.2, 0) is 27.8 Å². The van der Waals surface area contributed by atoms with Gasteiger partial charge in [-0.15, -0.1) is 0 Å². The maximum atomic E-state index is 12.0. The van der Waals surface area contributed by atoms with Crippen molar-refractivity contribution in [1.82, 2.24) is 9.29 Å². The third kappa shape index (κ3) is 6.06. The number of amides is 1. The first-order chi connectivity index (χ1) is 15.6. The lowest BCUT2D eigenvalue weighted by Gasteiger charge is -2.10. The van der Waals surface area contributed by atoms with Crippen LogP contribution in [0.3, 0.4) is 0 Å². The number of aromatic nitrogens is 1. The Kier molecular flexibility index (Phi) is 7.67. The van der Waals surface area contributed by atoms with Gasteiger partial charge in [0.1, 0.15) is 17.5 Å². The lowest BCUT2D eigenvalue weighted by atomic mass is 10.1. The molecule has 0 aliphatic carbocycles. The SMILES string of the molecule is Cc1cc(OCCCc2c(C#N)n(CCC(=O)NS(C)(=O)=O)c3ccccc23)cc(C)c1Cl. The van der Waals surface area contributed by atoms with Gasteiger partial charge in [-0.2, -0.15) is 5.26 Å². The van der Waals surface area contributed by atoms with Crippen LogP contribution in [0.25, 0.3) is 10.9 Å². The van der Waals surface area contributed by atoms with Crippen molar-refractivity contribution in [3.8, 4) is 11.8 Å². The Hall–Kier alpha value is -3.02. The molecule has 3 aromatic rings. The zero-order valence-corrected chi connectivity index (χ0v) is 20.4. The lowest BCUT2D eigenvalue weighted by molar-refractivity contribution is -0.119. The molecule has 1 N–H and O–H groups in total. The van der Waals surface area contributed by atoms with Gasteiger partial charge < -0.3 is 9.30 Å². The number of carbonyl (C=O) groups is 1. The van der Waals surface area contributed by atoms with E-state index in [4.69, 9.17) is 16.3 Å². The second kappa shape index (κ2) is 10.3. The highest BCUT2D eigenvalue weighted by molar-refractivity contribution is 7.89. The first kappa shape index (κ1) is 24.6. The molecule has 0 aliphatic rings. The number of nitrogens with one attached hydrogen (secondary N) is 1. The van der Waals surface area contributed by atoms with Gasteiger partial charge in [0.25, 0.3) is 0 Å². The number of nitriles is 1. The highest BCUT2D eigenvalue weighted by Crippen LogP contribution is 2.28. The minimum absolute atomic E-state index is 0.0573. The van der Waals surface area contributed by atoms with Gasteiger partial charge >= 0.3 is 0 Å². The zero-order valence-electron chi connectivity index (χ0n) is 18.8. The molecule has 0 unspecified atom stereocenters. The fraction of sp³-hybridized carbons (Fsp3) is 0.333. The van der Waals surface area contributed by atoms with Crippen molar-refractivity contribution in [3.63, 3.8) is 0 Å².